The highest BCUT2D eigenvalue weighted by Crippen LogP contribution is 2.26. The Hall–Kier alpha value is -1.95. The van der Waals surface area contributed by atoms with Crippen molar-refractivity contribution in [1.82, 2.24) is 24.0 Å². The molecule has 11 heteroatoms. The maximum atomic E-state index is 12.8. The standard InChI is InChI=1S/C22H31N5O4S2/c1-25(18-6-4-3-5-7-18)20(28)16-32-22-24-23-21(26(22)2)17-8-10-19(11-9-17)33(29,30)27-12-14-31-15-13-27/h8-11,18H,3-7,12-16H2,1-2H3. The molecule has 0 unspecified atom stereocenters. The predicted octanol–water partition coefficient (Wildman–Crippen LogP) is 2.39. The molecule has 1 aromatic carbocycles. The minimum absolute atomic E-state index is 0.106. The van der Waals surface area contributed by atoms with Crippen LogP contribution in [0, 0.1) is 0 Å². The molecule has 0 bridgehead atoms. The van der Waals surface area contributed by atoms with Gasteiger partial charge in [-0.15, -0.1) is 10.2 Å². The van der Waals surface area contributed by atoms with Crippen LogP contribution in [0.15, 0.2) is 34.3 Å². The van der Waals surface area contributed by atoms with E-state index in [-0.39, 0.29) is 10.8 Å². The zero-order valence-corrected chi connectivity index (χ0v) is 20.8. The number of sulfonamides is 1. The fraction of sp³-hybridized carbons (Fsp3) is 0.591. The zero-order chi connectivity index (χ0) is 23.4. The lowest BCUT2D eigenvalue weighted by molar-refractivity contribution is -0.129. The first-order valence-corrected chi connectivity index (χ1v) is 13.8. The van der Waals surface area contributed by atoms with Gasteiger partial charge in [0, 0.05) is 38.8 Å². The predicted molar refractivity (Wildman–Crippen MR) is 126 cm³/mol. The van der Waals surface area contributed by atoms with Gasteiger partial charge in [0.2, 0.25) is 15.9 Å². The van der Waals surface area contributed by atoms with Crippen LogP contribution in [0.4, 0.5) is 0 Å². The van der Waals surface area contributed by atoms with Gasteiger partial charge in [-0.2, -0.15) is 4.31 Å². The summed E-state index contributed by atoms with van der Waals surface area (Å²) in [7, 11) is 0.211. The van der Waals surface area contributed by atoms with Crippen molar-refractivity contribution in [3.05, 3.63) is 24.3 Å². The molecule has 0 atom stereocenters. The van der Waals surface area contributed by atoms with Gasteiger partial charge in [0.1, 0.15) is 0 Å². The first-order chi connectivity index (χ1) is 15.9. The van der Waals surface area contributed by atoms with E-state index in [1.807, 2.05) is 23.6 Å². The van der Waals surface area contributed by atoms with E-state index in [0.29, 0.717) is 49.1 Å². The smallest absolute Gasteiger partial charge is 0.243 e. The lowest BCUT2D eigenvalue weighted by Gasteiger charge is -2.31. The van der Waals surface area contributed by atoms with Crippen LogP contribution in [-0.2, 0) is 26.6 Å². The van der Waals surface area contributed by atoms with E-state index in [2.05, 4.69) is 10.2 Å². The molecule has 0 radical (unpaired) electrons. The number of morpholine rings is 1. The van der Waals surface area contributed by atoms with E-state index in [1.165, 1.54) is 35.3 Å². The van der Waals surface area contributed by atoms with Crippen LogP contribution in [0.2, 0.25) is 0 Å². The summed E-state index contributed by atoms with van der Waals surface area (Å²) in [5, 5.41) is 9.17. The third-order valence-electron chi connectivity index (χ3n) is 6.40. The molecule has 4 rings (SSSR count). The van der Waals surface area contributed by atoms with E-state index in [1.54, 1.807) is 24.3 Å². The molecule has 180 valence electrons. The molecule has 0 N–H and O–H groups in total. The Balaban J connectivity index is 1.40. The number of hydrogen-bond acceptors (Lipinski definition) is 7. The van der Waals surface area contributed by atoms with Crippen molar-refractivity contribution in [2.75, 3.05) is 39.1 Å². The number of amides is 1. The Labute approximate surface area is 199 Å². The summed E-state index contributed by atoms with van der Waals surface area (Å²) >= 11 is 1.37. The molecule has 2 aliphatic rings. The highest BCUT2D eigenvalue weighted by Gasteiger charge is 2.27. The Morgan fingerprint density at radius 2 is 1.79 bits per heavy atom. The van der Waals surface area contributed by atoms with Gasteiger partial charge in [-0.25, -0.2) is 8.42 Å². The van der Waals surface area contributed by atoms with Crippen LogP contribution in [0.25, 0.3) is 11.4 Å². The topological polar surface area (TPSA) is 97.6 Å². The van der Waals surface area contributed by atoms with E-state index in [9.17, 15) is 13.2 Å². The summed E-state index contributed by atoms with van der Waals surface area (Å²) in [5.41, 5.74) is 0.767. The van der Waals surface area contributed by atoms with Crippen molar-refractivity contribution in [3.63, 3.8) is 0 Å². The van der Waals surface area contributed by atoms with Gasteiger partial charge >= 0.3 is 0 Å². The molecule has 1 aliphatic carbocycles. The average molecular weight is 494 g/mol. The van der Waals surface area contributed by atoms with Crippen LogP contribution in [-0.4, -0.2) is 83.4 Å². The molecule has 1 amide bonds. The Morgan fingerprint density at radius 1 is 1.12 bits per heavy atom. The maximum Gasteiger partial charge on any atom is 0.243 e. The molecule has 1 aromatic heterocycles. The van der Waals surface area contributed by atoms with Gasteiger partial charge in [0.15, 0.2) is 11.0 Å². The van der Waals surface area contributed by atoms with Gasteiger partial charge in [-0.05, 0) is 37.1 Å². The van der Waals surface area contributed by atoms with E-state index in [0.717, 1.165) is 18.4 Å². The second-order valence-corrected chi connectivity index (χ2v) is 11.4. The summed E-state index contributed by atoms with van der Waals surface area (Å²) in [6.45, 7) is 1.55. The van der Waals surface area contributed by atoms with Gasteiger partial charge in [0.25, 0.3) is 0 Å². The third kappa shape index (κ3) is 5.42. The number of aromatic nitrogens is 3. The van der Waals surface area contributed by atoms with E-state index in [4.69, 9.17) is 4.74 Å². The minimum atomic E-state index is -3.54. The van der Waals surface area contributed by atoms with Crippen molar-refractivity contribution in [2.24, 2.45) is 7.05 Å². The second-order valence-electron chi connectivity index (χ2n) is 8.49. The Kier molecular flexibility index (Phi) is 7.72. The SMILES string of the molecule is CN(C(=O)CSc1nnc(-c2ccc(S(=O)(=O)N3CCOCC3)cc2)n1C)C1CCCCC1. The molecule has 9 nitrogen and oxygen atoms in total. The maximum absolute atomic E-state index is 12.8. The van der Waals surface area contributed by atoms with Crippen LogP contribution in [0.1, 0.15) is 32.1 Å². The van der Waals surface area contributed by atoms with Gasteiger partial charge in [0.05, 0.1) is 23.9 Å². The average Bonchev–Trinajstić information content (AvgIpc) is 3.23. The van der Waals surface area contributed by atoms with Crippen LogP contribution in [0.3, 0.4) is 0 Å². The number of benzene rings is 1. The number of hydrogen-bond donors (Lipinski definition) is 0. The molecule has 2 heterocycles. The number of thioether (sulfide) groups is 1. The monoisotopic (exact) mass is 493 g/mol. The summed E-state index contributed by atoms with van der Waals surface area (Å²) < 4.78 is 34.2. The second kappa shape index (κ2) is 10.5. The van der Waals surface area contributed by atoms with Gasteiger partial charge < -0.3 is 14.2 Å². The van der Waals surface area contributed by atoms with Crippen molar-refractivity contribution in [2.45, 2.75) is 48.2 Å². The number of carbonyl (C=O) groups is 1. The summed E-state index contributed by atoms with van der Waals surface area (Å²) in [6, 6.07) is 7.03. The summed E-state index contributed by atoms with van der Waals surface area (Å²) in [5.74, 6) is 1.05. The summed E-state index contributed by atoms with van der Waals surface area (Å²) in [4.78, 5) is 14.8. The molecular weight excluding hydrogens is 462 g/mol. The molecular formula is C22H31N5O4S2. The largest absolute Gasteiger partial charge is 0.379 e. The minimum Gasteiger partial charge on any atom is -0.379 e. The zero-order valence-electron chi connectivity index (χ0n) is 19.1. The van der Waals surface area contributed by atoms with Crippen LogP contribution in [0.5, 0.6) is 0 Å². The fourth-order valence-corrected chi connectivity index (χ4v) is 6.55. The lowest BCUT2D eigenvalue weighted by Crippen LogP contribution is -2.40. The van der Waals surface area contributed by atoms with Crippen LogP contribution < -0.4 is 0 Å². The normalized spacial score (nSPS) is 18.4. The highest BCUT2D eigenvalue weighted by atomic mass is 32.2. The number of nitrogens with zero attached hydrogens (tertiary/aromatic N) is 5. The van der Waals surface area contributed by atoms with Crippen molar-refractivity contribution < 1.29 is 17.9 Å². The molecule has 1 aliphatic heterocycles. The molecule has 2 fully saturated rings. The lowest BCUT2D eigenvalue weighted by atomic mass is 9.94. The summed E-state index contributed by atoms with van der Waals surface area (Å²) in [6.07, 6.45) is 5.80. The fourth-order valence-electron chi connectivity index (χ4n) is 4.30. The number of ether oxygens (including phenoxy) is 1. The highest BCUT2D eigenvalue weighted by molar-refractivity contribution is 7.99. The van der Waals surface area contributed by atoms with Crippen molar-refractivity contribution in [1.29, 1.82) is 0 Å². The quantitative estimate of drug-likeness (QED) is 0.546. The third-order valence-corrected chi connectivity index (χ3v) is 9.31. The van der Waals surface area contributed by atoms with Crippen LogP contribution >= 0.6 is 11.8 Å². The molecule has 1 saturated carbocycles. The number of carbonyl (C=O) groups excluding carboxylic acids is 1. The molecule has 1 saturated heterocycles. The van der Waals surface area contributed by atoms with Crippen molar-refractivity contribution in [3.8, 4) is 11.4 Å². The van der Waals surface area contributed by atoms with E-state index < -0.39 is 10.0 Å². The molecule has 0 spiro atoms. The first-order valence-electron chi connectivity index (χ1n) is 11.3. The molecule has 2 aromatic rings. The molecule has 33 heavy (non-hydrogen) atoms. The number of rotatable bonds is 7. The first kappa shape index (κ1) is 24.2. The van der Waals surface area contributed by atoms with Gasteiger partial charge in [-0.3, -0.25) is 4.79 Å². The van der Waals surface area contributed by atoms with E-state index >= 15 is 0 Å². The van der Waals surface area contributed by atoms with Crippen molar-refractivity contribution >= 4 is 27.7 Å². The Morgan fingerprint density at radius 3 is 2.45 bits per heavy atom. The van der Waals surface area contributed by atoms with Gasteiger partial charge in [-0.1, -0.05) is 31.0 Å². The Bertz CT molecular complexity index is 1060.